The fourth-order valence-electron chi connectivity index (χ4n) is 4.31. The summed E-state index contributed by atoms with van der Waals surface area (Å²) >= 11 is 3.32. The van der Waals surface area contributed by atoms with Crippen molar-refractivity contribution < 1.29 is 26.3 Å². The van der Waals surface area contributed by atoms with Gasteiger partial charge in [-0.05, 0) is 24.0 Å². The molecule has 1 fully saturated rings. The highest BCUT2D eigenvalue weighted by molar-refractivity contribution is 8.17. The van der Waals surface area contributed by atoms with Crippen LogP contribution in [0.3, 0.4) is 0 Å². The van der Waals surface area contributed by atoms with Gasteiger partial charge in [-0.1, -0.05) is 68.8 Å². The standard InChI is InChI=1S/C29H26F6S2/c1-3-5-6-7-23-36-14-17(15-37-23)18-10-11-20(27(33)25(18)31)22-13-12-21(28(34)29(22)35)19-9-8-16(4-2)24(30)26(19)32/h6-13,17,23H,3-5,14-15H2,1-2H3/b7-6+. The summed E-state index contributed by atoms with van der Waals surface area (Å²) in [5.74, 6) is -6.71. The average Bonchev–Trinajstić information content (AvgIpc) is 2.90. The van der Waals surface area contributed by atoms with E-state index in [1.165, 1.54) is 24.3 Å². The quantitative estimate of drug-likeness (QED) is 0.211. The summed E-state index contributed by atoms with van der Waals surface area (Å²) in [6.07, 6.45) is 6.55. The van der Waals surface area contributed by atoms with Gasteiger partial charge in [0.15, 0.2) is 34.9 Å². The highest BCUT2D eigenvalue weighted by Crippen LogP contribution is 2.42. The number of aryl methyl sites for hydroxylation is 1. The van der Waals surface area contributed by atoms with Crippen molar-refractivity contribution in [3.63, 3.8) is 0 Å². The number of halogens is 6. The van der Waals surface area contributed by atoms with Crippen LogP contribution in [0.25, 0.3) is 22.3 Å². The molecule has 0 atom stereocenters. The van der Waals surface area contributed by atoms with Gasteiger partial charge in [0.25, 0.3) is 0 Å². The monoisotopic (exact) mass is 552 g/mol. The Kier molecular flexibility index (Phi) is 9.01. The van der Waals surface area contributed by atoms with Crippen molar-refractivity contribution >= 4 is 23.5 Å². The van der Waals surface area contributed by atoms with Crippen LogP contribution in [-0.4, -0.2) is 16.1 Å². The summed E-state index contributed by atoms with van der Waals surface area (Å²) in [4.78, 5) is 0. The maximum Gasteiger partial charge on any atom is 0.167 e. The zero-order valence-corrected chi connectivity index (χ0v) is 22.0. The van der Waals surface area contributed by atoms with Gasteiger partial charge in [0, 0.05) is 39.7 Å². The molecule has 0 amide bonds. The molecule has 0 unspecified atom stereocenters. The van der Waals surface area contributed by atoms with Crippen LogP contribution in [0, 0.1) is 34.9 Å². The van der Waals surface area contributed by atoms with Gasteiger partial charge in [-0.25, -0.2) is 26.3 Å². The van der Waals surface area contributed by atoms with Crippen LogP contribution in [0.15, 0.2) is 48.6 Å². The average molecular weight is 553 g/mol. The van der Waals surface area contributed by atoms with Crippen molar-refractivity contribution in [2.45, 2.75) is 43.6 Å². The molecule has 0 aromatic heterocycles. The number of thioether (sulfide) groups is 2. The molecule has 4 rings (SSSR count). The lowest BCUT2D eigenvalue weighted by molar-refractivity contribution is 0.491. The molecule has 1 aliphatic heterocycles. The molecule has 37 heavy (non-hydrogen) atoms. The minimum Gasteiger partial charge on any atom is -0.203 e. The lowest BCUT2D eigenvalue weighted by Gasteiger charge is -2.27. The third-order valence-corrected chi connectivity index (χ3v) is 9.41. The topological polar surface area (TPSA) is 0 Å². The molecule has 1 heterocycles. The molecule has 8 heteroatoms. The Labute approximate surface area is 221 Å². The van der Waals surface area contributed by atoms with E-state index in [1.807, 2.05) is 0 Å². The van der Waals surface area contributed by atoms with Crippen LogP contribution in [0.4, 0.5) is 26.3 Å². The predicted octanol–water partition coefficient (Wildman–Crippen LogP) is 9.66. The lowest BCUT2D eigenvalue weighted by Crippen LogP contribution is -2.17. The van der Waals surface area contributed by atoms with E-state index in [2.05, 4.69) is 19.1 Å². The van der Waals surface area contributed by atoms with Gasteiger partial charge in [-0.3, -0.25) is 0 Å². The van der Waals surface area contributed by atoms with Crippen LogP contribution in [0.5, 0.6) is 0 Å². The SMILES string of the molecule is CCC/C=C/C1SCC(c2ccc(-c3ccc(-c4ccc(CC)c(F)c4F)c(F)c3F)c(F)c2F)CS1. The summed E-state index contributed by atoms with van der Waals surface area (Å²) in [7, 11) is 0. The zero-order valence-electron chi connectivity index (χ0n) is 20.4. The second-order valence-electron chi connectivity index (χ2n) is 8.82. The first-order valence-corrected chi connectivity index (χ1v) is 14.2. The molecule has 1 saturated heterocycles. The molecular formula is C29H26F6S2. The second-order valence-corrected chi connectivity index (χ2v) is 11.5. The highest BCUT2D eigenvalue weighted by atomic mass is 32.2. The molecule has 3 aromatic rings. The minimum atomic E-state index is -1.47. The molecule has 0 N–H and O–H groups in total. The molecule has 3 aromatic carbocycles. The van der Waals surface area contributed by atoms with Crippen LogP contribution >= 0.6 is 23.5 Å². The predicted molar refractivity (Wildman–Crippen MR) is 142 cm³/mol. The molecule has 0 nitrogen and oxygen atoms in total. The van der Waals surface area contributed by atoms with E-state index >= 15 is 13.2 Å². The molecule has 196 valence electrons. The van der Waals surface area contributed by atoms with Crippen LogP contribution in [0.1, 0.15) is 43.7 Å². The van der Waals surface area contributed by atoms with Gasteiger partial charge >= 0.3 is 0 Å². The van der Waals surface area contributed by atoms with E-state index in [4.69, 9.17) is 0 Å². The molecular weight excluding hydrogens is 526 g/mol. The third kappa shape index (κ3) is 5.60. The van der Waals surface area contributed by atoms with E-state index in [-0.39, 0.29) is 28.0 Å². The molecule has 0 radical (unpaired) electrons. The van der Waals surface area contributed by atoms with Crippen LogP contribution < -0.4 is 0 Å². The largest absolute Gasteiger partial charge is 0.203 e. The second kappa shape index (κ2) is 12.0. The summed E-state index contributed by atoms with van der Waals surface area (Å²) in [6.45, 7) is 3.74. The molecule has 0 spiro atoms. The lowest BCUT2D eigenvalue weighted by atomic mass is 9.94. The van der Waals surface area contributed by atoms with E-state index < -0.39 is 57.2 Å². The first-order valence-electron chi connectivity index (χ1n) is 12.1. The summed E-state index contributed by atoms with van der Waals surface area (Å²) in [6, 6.07) is 7.23. The van der Waals surface area contributed by atoms with Crippen molar-refractivity contribution in [1.29, 1.82) is 0 Å². The first kappa shape index (κ1) is 27.7. The van der Waals surface area contributed by atoms with Crippen molar-refractivity contribution in [2.75, 3.05) is 11.5 Å². The Balaban J connectivity index is 1.61. The summed E-state index contributed by atoms with van der Waals surface area (Å²) in [5, 5.41) is 0. The highest BCUT2D eigenvalue weighted by Gasteiger charge is 2.28. The normalized spacial score (nSPS) is 18.1. The van der Waals surface area contributed by atoms with E-state index in [0.717, 1.165) is 25.0 Å². The van der Waals surface area contributed by atoms with Crippen molar-refractivity contribution in [3.8, 4) is 22.3 Å². The third-order valence-electron chi connectivity index (χ3n) is 6.43. The maximum atomic E-state index is 15.1. The fraction of sp³-hybridized carbons (Fsp3) is 0.310. The van der Waals surface area contributed by atoms with Gasteiger partial charge in [0.2, 0.25) is 0 Å². The van der Waals surface area contributed by atoms with Crippen LogP contribution in [0.2, 0.25) is 0 Å². The Morgan fingerprint density at radius 2 is 1.16 bits per heavy atom. The van der Waals surface area contributed by atoms with Crippen molar-refractivity contribution in [1.82, 2.24) is 0 Å². The number of hydrogen-bond donors (Lipinski definition) is 0. The van der Waals surface area contributed by atoms with Crippen LogP contribution in [-0.2, 0) is 6.42 Å². The minimum absolute atomic E-state index is 0.106. The van der Waals surface area contributed by atoms with E-state index in [1.54, 1.807) is 30.4 Å². The van der Waals surface area contributed by atoms with Gasteiger partial charge in [-0.15, -0.1) is 23.5 Å². The Bertz CT molecular complexity index is 1310. The smallest absolute Gasteiger partial charge is 0.167 e. The molecule has 0 bridgehead atoms. The zero-order chi connectivity index (χ0) is 26.7. The van der Waals surface area contributed by atoms with Crippen molar-refractivity contribution in [2.24, 2.45) is 0 Å². The number of allylic oxidation sites excluding steroid dienone is 1. The van der Waals surface area contributed by atoms with Gasteiger partial charge in [0.1, 0.15) is 0 Å². The first-order chi connectivity index (χ1) is 17.8. The number of hydrogen-bond acceptors (Lipinski definition) is 2. The molecule has 0 aliphatic carbocycles. The summed E-state index contributed by atoms with van der Waals surface area (Å²) in [5.41, 5.74) is -1.58. The number of rotatable bonds is 7. The number of benzene rings is 3. The number of unbranched alkanes of at least 4 members (excludes halogenated alkanes) is 1. The van der Waals surface area contributed by atoms with Crippen molar-refractivity contribution in [3.05, 3.63) is 94.6 Å². The molecule has 0 saturated carbocycles. The fourth-order valence-corrected chi connectivity index (χ4v) is 7.20. The summed E-state index contributed by atoms with van der Waals surface area (Å²) < 4.78 is 89.3. The van der Waals surface area contributed by atoms with Gasteiger partial charge < -0.3 is 0 Å². The Hall–Kier alpha value is -2.32. The Morgan fingerprint density at radius 1 is 0.676 bits per heavy atom. The maximum absolute atomic E-state index is 15.1. The van der Waals surface area contributed by atoms with E-state index in [9.17, 15) is 13.2 Å². The van der Waals surface area contributed by atoms with Gasteiger partial charge in [-0.2, -0.15) is 0 Å². The molecule has 1 aliphatic rings. The Morgan fingerprint density at radius 3 is 1.70 bits per heavy atom. The van der Waals surface area contributed by atoms with E-state index in [0.29, 0.717) is 11.5 Å². The van der Waals surface area contributed by atoms with Gasteiger partial charge in [0.05, 0.1) is 4.58 Å².